The highest BCUT2D eigenvalue weighted by Gasteiger charge is 2.39. The number of rotatable bonds is 4. The topological polar surface area (TPSA) is 24.5 Å². The van der Waals surface area contributed by atoms with E-state index in [1.807, 2.05) is 0 Å². The third kappa shape index (κ3) is 3.37. The monoisotopic (exact) mass is 280 g/mol. The fraction of sp³-hybridized carbons (Fsp3) is 1.00. The zero-order valence-electron chi connectivity index (χ0n) is 13.3. The zero-order chi connectivity index (χ0) is 13.9. The van der Waals surface area contributed by atoms with Crippen LogP contribution < -0.4 is 5.32 Å². The van der Waals surface area contributed by atoms with E-state index in [1.54, 1.807) is 0 Å². The van der Waals surface area contributed by atoms with Gasteiger partial charge in [-0.05, 0) is 63.8 Å². The summed E-state index contributed by atoms with van der Waals surface area (Å²) in [5.74, 6) is 2.64. The Balaban J connectivity index is 1.53. The molecule has 3 heteroatoms. The van der Waals surface area contributed by atoms with Crippen LogP contribution in [0.15, 0.2) is 0 Å². The minimum Gasteiger partial charge on any atom is -0.381 e. The number of ether oxygens (including phenoxy) is 1. The molecular weight excluding hydrogens is 248 g/mol. The van der Waals surface area contributed by atoms with Gasteiger partial charge in [-0.3, -0.25) is 0 Å². The van der Waals surface area contributed by atoms with Gasteiger partial charge in [0.05, 0.1) is 0 Å². The molecule has 1 aliphatic carbocycles. The molecule has 0 aromatic rings. The Morgan fingerprint density at radius 2 is 1.70 bits per heavy atom. The highest BCUT2D eigenvalue weighted by molar-refractivity contribution is 4.95. The van der Waals surface area contributed by atoms with Crippen molar-refractivity contribution in [1.29, 1.82) is 0 Å². The van der Waals surface area contributed by atoms with E-state index in [0.717, 1.165) is 43.1 Å². The molecule has 3 fully saturated rings. The normalized spacial score (nSPS) is 36.5. The third-order valence-corrected chi connectivity index (χ3v) is 5.82. The Labute approximate surface area is 124 Å². The van der Waals surface area contributed by atoms with Crippen molar-refractivity contribution >= 4 is 0 Å². The van der Waals surface area contributed by atoms with Crippen LogP contribution >= 0.6 is 0 Å². The van der Waals surface area contributed by atoms with Gasteiger partial charge in [0.2, 0.25) is 0 Å². The van der Waals surface area contributed by atoms with Crippen LogP contribution in [0.25, 0.3) is 0 Å². The van der Waals surface area contributed by atoms with Crippen LogP contribution in [0.2, 0.25) is 0 Å². The molecule has 0 spiro atoms. The molecule has 2 aliphatic heterocycles. The van der Waals surface area contributed by atoms with Crippen molar-refractivity contribution in [1.82, 2.24) is 10.2 Å². The lowest BCUT2D eigenvalue weighted by molar-refractivity contribution is 0.0220. The predicted octanol–water partition coefficient (Wildman–Crippen LogP) is 2.51. The van der Waals surface area contributed by atoms with E-state index in [2.05, 4.69) is 24.1 Å². The van der Waals surface area contributed by atoms with Gasteiger partial charge in [0.1, 0.15) is 0 Å². The lowest BCUT2D eigenvalue weighted by Crippen LogP contribution is -2.58. The van der Waals surface area contributed by atoms with Gasteiger partial charge in [0.25, 0.3) is 0 Å². The van der Waals surface area contributed by atoms with Crippen LogP contribution in [0.5, 0.6) is 0 Å². The summed E-state index contributed by atoms with van der Waals surface area (Å²) in [5.41, 5.74) is 0. The molecule has 2 heterocycles. The summed E-state index contributed by atoms with van der Waals surface area (Å²) >= 11 is 0. The van der Waals surface area contributed by atoms with Gasteiger partial charge in [0.15, 0.2) is 0 Å². The molecule has 116 valence electrons. The number of nitrogens with zero attached hydrogens (tertiary/aromatic N) is 1. The first-order valence-corrected chi connectivity index (χ1v) is 8.79. The maximum Gasteiger partial charge on any atom is 0.0469 e. The minimum absolute atomic E-state index is 0.717. The molecule has 2 bridgehead atoms. The molecule has 2 atom stereocenters. The van der Waals surface area contributed by atoms with Gasteiger partial charge in [-0.1, -0.05) is 6.42 Å². The summed E-state index contributed by atoms with van der Waals surface area (Å²) in [4.78, 5) is 2.71. The Hall–Kier alpha value is -0.120. The first-order chi connectivity index (χ1) is 9.74. The maximum absolute atomic E-state index is 5.47. The average molecular weight is 280 g/mol. The minimum atomic E-state index is 0.717. The summed E-state index contributed by atoms with van der Waals surface area (Å²) in [7, 11) is 0. The lowest BCUT2D eigenvalue weighted by Gasteiger charge is -2.49. The molecule has 1 N–H and O–H groups in total. The second-order valence-corrected chi connectivity index (χ2v) is 7.49. The number of piperidine rings is 1. The molecule has 3 rings (SSSR count). The first-order valence-electron chi connectivity index (χ1n) is 8.79. The van der Waals surface area contributed by atoms with Crippen molar-refractivity contribution in [2.75, 3.05) is 32.8 Å². The molecule has 3 aliphatic rings. The summed E-state index contributed by atoms with van der Waals surface area (Å²) in [5, 5.41) is 3.97. The SMILES string of the molecule is CC(C)N1CC2CCCC(C1)C2NCC1CCOCC1. The number of hydrogen-bond donors (Lipinski definition) is 1. The summed E-state index contributed by atoms with van der Waals surface area (Å²) in [6, 6.07) is 1.51. The Morgan fingerprint density at radius 1 is 1.05 bits per heavy atom. The smallest absolute Gasteiger partial charge is 0.0469 e. The van der Waals surface area contributed by atoms with Crippen LogP contribution in [0.3, 0.4) is 0 Å². The van der Waals surface area contributed by atoms with Crippen molar-refractivity contribution in [3.63, 3.8) is 0 Å². The molecule has 0 aromatic carbocycles. The van der Waals surface area contributed by atoms with Crippen molar-refractivity contribution < 1.29 is 4.74 Å². The van der Waals surface area contributed by atoms with Crippen molar-refractivity contribution in [3.05, 3.63) is 0 Å². The number of nitrogens with one attached hydrogen (secondary N) is 1. The van der Waals surface area contributed by atoms with Crippen LogP contribution in [0.1, 0.15) is 46.0 Å². The summed E-state index contributed by atoms with van der Waals surface area (Å²) in [6.45, 7) is 10.5. The van der Waals surface area contributed by atoms with Gasteiger partial charge in [-0.15, -0.1) is 0 Å². The van der Waals surface area contributed by atoms with Gasteiger partial charge >= 0.3 is 0 Å². The van der Waals surface area contributed by atoms with Gasteiger partial charge in [-0.25, -0.2) is 0 Å². The standard InChI is InChI=1S/C17H32N2O/c1-13(2)19-11-15-4-3-5-16(12-19)17(15)18-10-14-6-8-20-9-7-14/h13-18H,3-12H2,1-2H3. The number of likely N-dealkylation sites (tertiary alicyclic amines) is 1. The van der Waals surface area contributed by atoms with Gasteiger partial charge < -0.3 is 15.0 Å². The third-order valence-electron chi connectivity index (χ3n) is 5.82. The number of fused-ring (bicyclic) bond motifs is 2. The van der Waals surface area contributed by atoms with E-state index in [9.17, 15) is 0 Å². The maximum atomic E-state index is 5.47. The Morgan fingerprint density at radius 3 is 2.30 bits per heavy atom. The molecule has 1 saturated carbocycles. The fourth-order valence-electron chi connectivity index (χ4n) is 4.48. The van der Waals surface area contributed by atoms with E-state index in [1.165, 1.54) is 51.7 Å². The van der Waals surface area contributed by atoms with Crippen LogP contribution in [0.4, 0.5) is 0 Å². The predicted molar refractivity (Wildman–Crippen MR) is 82.9 cm³/mol. The highest BCUT2D eigenvalue weighted by atomic mass is 16.5. The summed E-state index contributed by atoms with van der Waals surface area (Å²) < 4.78 is 5.47. The molecule has 0 radical (unpaired) electrons. The Bertz CT molecular complexity index is 287. The quantitative estimate of drug-likeness (QED) is 0.856. The second kappa shape index (κ2) is 6.76. The van der Waals surface area contributed by atoms with Crippen LogP contribution in [-0.4, -0.2) is 49.8 Å². The van der Waals surface area contributed by atoms with Gasteiger partial charge in [-0.2, -0.15) is 0 Å². The van der Waals surface area contributed by atoms with Crippen molar-refractivity contribution in [3.8, 4) is 0 Å². The molecule has 2 unspecified atom stereocenters. The second-order valence-electron chi connectivity index (χ2n) is 7.49. The lowest BCUT2D eigenvalue weighted by atomic mass is 9.73. The zero-order valence-corrected chi connectivity index (χ0v) is 13.3. The summed E-state index contributed by atoms with van der Waals surface area (Å²) in [6.07, 6.45) is 6.84. The van der Waals surface area contributed by atoms with E-state index in [0.29, 0.717) is 0 Å². The Kier molecular flexibility index (Phi) is 5.00. The van der Waals surface area contributed by atoms with Crippen molar-refractivity contribution in [2.24, 2.45) is 17.8 Å². The highest BCUT2D eigenvalue weighted by Crippen LogP contribution is 2.35. The van der Waals surface area contributed by atoms with E-state index in [-0.39, 0.29) is 0 Å². The fourth-order valence-corrected chi connectivity index (χ4v) is 4.48. The molecule has 20 heavy (non-hydrogen) atoms. The van der Waals surface area contributed by atoms with E-state index < -0.39 is 0 Å². The van der Waals surface area contributed by atoms with Crippen LogP contribution in [-0.2, 0) is 4.74 Å². The molecule has 0 amide bonds. The largest absolute Gasteiger partial charge is 0.381 e. The molecule has 2 saturated heterocycles. The molecule has 0 aromatic heterocycles. The van der Waals surface area contributed by atoms with E-state index in [4.69, 9.17) is 4.74 Å². The number of hydrogen-bond acceptors (Lipinski definition) is 3. The average Bonchev–Trinajstić information content (AvgIpc) is 2.45. The molecule has 3 nitrogen and oxygen atoms in total. The van der Waals surface area contributed by atoms with Crippen LogP contribution in [0, 0.1) is 17.8 Å². The molecular formula is C17H32N2O. The van der Waals surface area contributed by atoms with Gasteiger partial charge in [0, 0.05) is 38.4 Å². The first kappa shape index (κ1) is 14.8. The van der Waals surface area contributed by atoms with E-state index >= 15 is 0 Å². The van der Waals surface area contributed by atoms with Crippen molar-refractivity contribution in [2.45, 2.75) is 58.0 Å².